The zero-order valence-electron chi connectivity index (χ0n) is 15.8. The van der Waals surface area contributed by atoms with Crippen LogP contribution in [0.3, 0.4) is 0 Å². The van der Waals surface area contributed by atoms with E-state index in [2.05, 4.69) is 10.3 Å². The predicted molar refractivity (Wildman–Crippen MR) is 112 cm³/mol. The van der Waals surface area contributed by atoms with E-state index in [0.29, 0.717) is 22.3 Å². The summed E-state index contributed by atoms with van der Waals surface area (Å²) in [5, 5.41) is 3.23. The third-order valence-corrected chi connectivity index (χ3v) is 6.31. The monoisotopic (exact) mass is 423 g/mol. The number of halogens is 1. The Hall–Kier alpha value is -3.52. The van der Waals surface area contributed by atoms with Gasteiger partial charge in [-0.05, 0) is 35.9 Å². The van der Waals surface area contributed by atoms with Crippen molar-refractivity contribution in [1.82, 2.24) is 9.55 Å². The molecule has 1 amide bonds. The van der Waals surface area contributed by atoms with E-state index in [9.17, 15) is 17.6 Å². The van der Waals surface area contributed by atoms with Crippen molar-refractivity contribution in [2.45, 2.75) is 17.2 Å². The molecule has 0 fully saturated rings. The Kier molecular flexibility index (Phi) is 5.33. The van der Waals surface area contributed by atoms with E-state index in [1.807, 2.05) is 0 Å². The van der Waals surface area contributed by atoms with Crippen molar-refractivity contribution in [3.8, 4) is 0 Å². The highest BCUT2D eigenvalue weighted by molar-refractivity contribution is 7.90. The number of anilines is 1. The molecule has 0 bridgehead atoms. The molecular weight excluding hydrogens is 405 g/mol. The number of carbonyl (C=O) groups is 1. The molecule has 2 aromatic heterocycles. The molecule has 30 heavy (non-hydrogen) atoms. The highest BCUT2D eigenvalue weighted by atomic mass is 32.2. The van der Waals surface area contributed by atoms with Crippen molar-refractivity contribution in [3.63, 3.8) is 0 Å². The van der Waals surface area contributed by atoms with Crippen LogP contribution in [0.1, 0.15) is 5.56 Å². The number of benzene rings is 2. The Morgan fingerprint density at radius 3 is 2.47 bits per heavy atom. The smallest absolute Gasteiger partial charge is 0.245 e. The molecule has 6 nitrogen and oxygen atoms in total. The maximum absolute atomic E-state index is 13.1. The Morgan fingerprint density at radius 2 is 1.73 bits per heavy atom. The van der Waals surface area contributed by atoms with Crippen LogP contribution >= 0.6 is 0 Å². The average Bonchev–Trinajstić information content (AvgIpc) is 3.10. The summed E-state index contributed by atoms with van der Waals surface area (Å²) in [4.78, 5) is 16.6. The summed E-state index contributed by atoms with van der Waals surface area (Å²) in [5.41, 5.74) is 1.12. The van der Waals surface area contributed by atoms with Gasteiger partial charge in [-0.1, -0.05) is 36.4 Å². The molecule has 8 heteroatoms. The summed E-state index contributed by atoms with van der Waals surface area (Å²) in [6.45, 7) is -0.0663. The van der Waals surface area contributed by atoms with Crippen LogP contribution in [0.25, 0.3) is 10.9 Å². The SMILES string of the molecule is O=C(Cn1cc(S(=O)(=O)Cc2ccc(F)cc2)c2ccccc21)Nc1ccccn1. The van der Waals surface area contributed by atoms with E-state index in [1.54, 1.807) is 53.2 Å². The first-order chi connectivity index (χ1) is 14.4. The first-order valence-corrected chi connectivity index (χ1v) is 10.8. The van der Waals surface area contributed by atoms with Crippen LogP contribution in [0, 0.1) is 5.82 Å². The molecule has 0 saturated heterocycles. The summed E-state index contributed by atoms with van der Waals surface area (Å²) < 4.78 is 40.9. The molecule has 0 unspecified atom stereocenters. The molecule has 0 aliphatic rings. The summed E-state index contributed by atoms with van der Waals surface area (Å²) >= 11 is 0. The van der Waals surface area contributed by atoms with Crippen molar-refractivity contribution < 1.29 is 17.6 Å². The largest absolute Gasteiger partial charge is 0.337 e. The van der Waals surface area contributed by atoms with E-state index < -0.39 is 15.7 Å². The number of hydrogen-bond acceptors (Lipinski definition) is 4. The van der Waals surface area contributed by atoms with Gasteiger partial charge >= 0.3 is 0 Å². The normalized spacial score (nSPS) is 11.5. The number of para-hydroxylation sites is 1. The molecule has 152 valence electrons. The van der Waals surface area contributed by atoms with E-state index in [0.717, 1.165) is 0 Å². The zero-order valence-corrected chi connectivity index (χ0v) is 16.6. The second kappa shape index (κ2) is 8.08. The van der Waals surface area contributed by atoms with Crippen LogP contribution in [-0.4, -0.2) is 23.9 Å². The topological polar surface area (TPSA) is 81.1 Å². The van der Waals surface area contributed by atoms with Crippen molar-refractivity contribution in [2.75, 3.05) is 5.32 Å². The molecule has 2 aromatic carbocycles. The van der Waals surface area contributed by atoms with Gasteiger partial charge in [0.25, 0.3) is 0 Å². The molecule has 0 radical (unpaired) electrons. The Labute approximate surface area is 172 Å². The average molecular weight is 423 g/mol. The zero-order chi connectivity index (χ0) is 21.1. The van der Waals surface area contributed by atoms with Gasteiger partial charge in [-0.15, -0.1) is 0 Å². The fraction of sp³-hybridized carbons (Fsp3) is 0.0909. The second-order valence-corrected chi connectivity index (χ2v) is 8.75. The summed E-state index contributed by atoms with van der Waals surface area (Å²) in [7, 11) is -3.71. The van der Waals surface area contributed by atoms with Crippen molar-refractivity contribution in [1.29, 1.82) is 0 Å². The van der Waals surface area contributed by atoms with Gasteiger partial charge in [-0.25, -0.2) is 17.8 Å². The molecule has 4 aromatic rings. The second-order valence-electron chi connectivity index (χ2n) is 6.79. The van der Waals surface area contributed by atoms with E-state index in [-0.39, 0.29) is 23.1 Å². The lowest BCUT2D eigenvalue weighted by molar-refractivity contribution is -0.116. The van der Waals surface area contributed by atoms with Crippen LogP contribution in [0.4, 0.5) is 10.2 Å². The molecule has 1 N–H and O–H groups in total. The van der Waals surface area contributed by atoms with E-state index in [1.165, 1.54) is 30.5 Å². The molecule has 0 atom stereocenters. The fourth-order valence-corrected chi connectivity index (χ4v) is 4.83. The van der Waals surface area contributed by atoms with Gasteiger partial charge in [-0.3, -0.25) is 4.79 Å². The number of pyridine rings is 1. The van der Waals surface area contributed by atoms with Crippen LogP contribution in [-0.2, 0) is 26.9 Å². The van der Waals surface area contributed by atoms with Crippen LogP contribution in [0.5, 0.6) is 0 Å². The van der Waals surface area contributed by atoms with Crippen molar-refractivity contribution in [3.05, 3.63) is 90.5 Å². The maximum Gasteiger partial charge on any atom is 0.245 e. The maximum atomic E-state index is 13.1. The van der Waals surface area contributed by atoms with Gasteiger partial charge in [0, 0.05) is 23.3 Å². The minimum absolute atomic E-state index is 0.0663. The van der Waals surface area contributed by atoms with Crippen molar-refractivity contribution >= 4 is 32.5 Å². The van der Waals surface area contributed by atoms with Crippen molar-refractivity contribution in [2.24, 2.45) is 0 Å². The Bertz CT molecular complexity index is 1300. The number of rotatable bonds is 6. The van der Waals surface area contributed by atoms with Gasteiger partial charge in [0.2, 0.25) is 5.91 Å². The third-order valence-electron chi connectivity index (χ3n) is 4.60. The molecule has 0 saturated carbocycles. The third kappa shape index (κ3) is 4.23. The number of nitrogens with one attached hydrogen (secondary N) is 1. The summed E-state index contributed by atoms with van der Waals surface area (Å²) in [5.74, 6) is -0.590. The van der Waals surface area contributed by atoms with E-state index >= 15 is 0 Å². The number of amides is 1. The van der Waals surface area contributed by atoms with E-state index in [4.69, 9.17) is 0 Å². The molecular formula is C22H18FN3O3S. The number of hydrogen-bond donors (Lipinski definition) is 1. The lowest BCUT2D eigenvalue weighted by atomic mass is 10.2. The minimum Gasteiger partial charge on any atom is -0.337 e. The molecule has 0 spiro atoms. The van der Waals surface area contributed by atoms with Crippen LogP contribution < -0.4 is 5.32 Å². The first-order valence-electron chi connectivity index (χ1n) is 9.18. The lowest BCUT2D eigenvalue weighted by Gasteiger charge is -2.06. The molecule has 0 aliphatic heterocycles. The fourth-order valence-electron chi connectivity index (χ4n) is 3.24. The standard InChI is InChI=1S/C22H18FN3O3S/c23-17-10-8-16(9-11-17)15-30(28,29)20-13-26(19-6-2-1-5-18(19)20)14-22(27)25-21-7-3-4-12-24-21/h1-13H,14-15H2,(H,24,25,27). The molecule has 0 aliphatic carbocycles. The Balaban J connectivity index is 1.65. The number of nitrogens with zero attached hydrogens (tertiary/aromatic N) is 2. The molecule has 2 heterocycles. The quantitative estimate of drug-likeness (QED) is 0.512. The number of fused-ring (bicyclic) bond motifs is 1. The summed E-state index contributed by atoms with van der Waals surface area (Å²) in [6, 6.07) is 17.5. The summed E-state index contributed by atoms with van der Waals surface area (Å²) in [6.07, 6.45) is 3.04. The highest BCUT2D eigenvalue weighted by Gasteiger charge is 2.22. The van der Waals surface area contributed by atoms with Gasteiger partial charge in [0.1, 0.15) is 18.2 Å². The van der Waals surface area contributed by atoms with Gasteiger partial charge in [0.05, 0.1) is 10.6 Å². The molecule has 4 rings (SSSR count). The number of carbonyl (C=O) groups excluding carboxylic acids is 1. The van der Waals surface area contributed by atoms with Gasteiger partial charge in [-0.2, -0.15) is 0 Å². The number of sulfone groups is 1. The first kappa shape index (κ1) is 19.8. The minimum atomic E-state index is -3.71. The van der Waals surface area contributed by atoms with Crippen LogP contribution in [0.2, 0.25) is 0 Å². The van der Waals surface area contributed by atoms with Gasteiger partial charge < -0.3 is 9.88 Å². The van der Waals surface area contributed by atoms with Crippen LogP contribution in [0.15, 0.2) is 84.0 Å². The van der Waals surface area contributed by atoms with Gasteiger partial charge in [0.15, 0.2) is 9.84 Å². The Morgan fingerprint density at radius 1 is 1.00 bits per heavy atom. The lowest BCUT2D eigenvalue weighted by Crippen LogP contribution is -2.18. The number of aromatic nitrogens is 2. The predicted octanol–water partition coefficient (Wildman–Crippen LogP) is 3.79. The highest BCUT2D eigenvalue weighted by Crippen LogP contribution is 2.28.